The van der Waals surface area contributed by atoms with E-state index in [4.69, 9.17) is 23.8 Å². The average molecular weight is 153 g/mol. The van der Waals surface area contributed by atoms with Crippen molar-refractivity contribution in [1.29, 1.82) is 0 Å². The van der Waals surface area contributed by atoms with Gasteiger partial charge in [-0.2, -0.15) is 0 Å². The van der Waals surface area contributed by atoms with E-state index in [9.17, 15) is 0 Å². The van der Waals surface area contributed by atoms with E-state index in [1.54, 1.807) is 13.8 Å². The Hall–Kier alpha value is 0.210. The molecule has 1 rings (SSSR count). The summed E-state index contributed by atoms with van der Waals surface area (Å²) in [7, 11) is 0. The predicted molar refractivity (Wildman–Crippen MR) is 35.6 cm³/mol. The lowest BCUT2D eigenvalue weighted by molar-refractivity contribution is -0.135. The second kappa shape index (κ2) is 2.45. The van der Waals surface area contributed by atoms with Crippen molar-refractivity contribution < 1.29 is 12.2 Å². The Morgan fingerprint density at radius 3 is 2.78 bits per heavy atom. The molecule has 0 aromatic rings. The van der Waals surface area contributed by atoms with E-state index < -0.39 is 17.7 Å². The molecule has 0 aromatic heterocycles. The van der Waals surface area contributed by atoms with Crippen LogP contribution in [0.25, 0.3) is 0 Å². The van der Waals surface area contributed by atoms with Gasteiger partial charge in [0, 0.05) is 2.74 Å². The Kier molecular flexibility index (Phi) is 1.34. The smallest absolute Gasteiger partial charge is 0.163 e. The van der Waals surface area contributed by atoms with Crippen LogP contribution in [0.4, 0.5) is 0 Å². The summed E-state index contributed by atoms with van der Waals surface area (Å²) in [5, 5.41) is 0. The first kappa shape index (κ1) is 4.94. The normalized spacial score (nSPS) is 37.9. The van der Waals surface area contributed by atoms with Crippen LogP contribution < -0.4 is 0 Å². The molecule has 1 aliphatic rings. The predicted octanol–water partition coefficient (Wildman–Crippen LogP) is 1.38. The third-order valence-electron chi connectivity index (χ3n) is 1.13. The zero-order chi connectivity index (χ0) is 8.70. The van der Waals surface area contributed by atoms with Crippen LogP contribution in [-0.2, 0) is 9.47 Å². The van der Waals surface area contributed by atoms with Crippen LogP contribution in [0.1, 0.15) is 16.6 Å². The zero-order valence-corrected chi connectivity index (χ0v) is 6.23. The van der Waals surface area contributed by atoms with Crippen LogP contribution in [-0.4, -0.2) is 24.3 Å². The van der Waals surface area contributed by atoms with Crippen LogP contribution in [0, 0.1) is 0 Å². The topological polar surface area (TPSA) is 18.5 Å². The summed E-state index contributed by atoms with van der Waals surface area (Å²) in [4.78, 5) is 0. The van der Waals surface area contributed by atoms with E-state index >= 15 is 0 Å². The molecule has 0 bridgehead atoms. The number of halogens is 1. The fourth-order valence-electron chi connectivity index (χ4n) is 0.741. The fourth-order valence-corrected chi connectivity index (χ4v) is 0.848. The van der Waals surface area contributed by atoms with Crippen molar-refractivity contribution in [3.8, 4) is 0 Å². The highest BCUT2D eigenvalue weighted by Crippen LogP contribution is 2.22. The largest absolute Gasteiger partial charge is 0.348 e. The van der Waals surface area contributed by atoms with Crippen LogP contribution in [0.3, 0.4) is 0 Å². The van der Waals surface area contributed by atoms with Gasteiger partial charge in [-0.05, 0) is 13.8 Å². The van der Waals surface area contributed by atoms with E-state index in [0.717, 1.165) is 0 Å². The summed E-state index contributed by atoms with van der Waals surface area (Å²) in [5.41, 5.74) is 0. The van der Waals surface area contributed by atoms with Gasteiger partial charge in [-0.15, -0.1) is 11.6 Å². The van der Waals surface area contributed by atoms with E-state index in [2.05, 4.69) is 0 Å². The molecule has 0 N–H and O–H groups in total. The molecule has 54 valence electrons. The molecular weight excluding hydrogens is 140 g/mol. The highest BCUT2D eigenvalue weighted by molar-refractivity contribution is 6.18. The van der Waals surface area contributed by atoms with Gasteiger partial charge in [0.1, 0.15) is 0 Å². The Morgan fingerprint density at radius 1 is 1.89 bits per heavy atom. The van der Waals surface area contributed by atoms with Crippen molar-refractivity contribution in [2.24, 2.45) is 0 Å². The molecule has 1 aliphatic heterocycles. The summed E-state index contributed by atoms with van der Waals surface area (Å²) in [6.07, 6.45) is -0.667. The van der Waals surface area contributed by atoms with Crippen LogP contribution in [0.15, 0.2) is 0 Å². The van der Waals surface area contributed by atoms with Crippen molar-refractivity contribution in [1.82, 2.24) is 0 Å². The second-order valence-corrected chi connectivity index (χ2v) is 2.64. The minimum atomic E-state index is -1.84. The van der Waals surface area contributed by atoms with Gasteiger partial charge in [-0.25, -0.2) is 0 Å². The molecule has 2 nitrogen and oxygen atoms in total. The van der Waals surface area contributed by atoms with Gasteiger partial charge in [-0.1, -0.05) is 0 Å². The Labute approximate surface area is 62.9 Å². The highest BCUT2D eigenvalue weighted by Gasteiger charge is 2.31. The first-order chi connectivity index (χ1) is 4.81. The second-order valence-electron chi connectivity index (χ2n) is 2.43. The minimum absolute atomic E-state index is 0.212. The summed E-state index contributed by atoms with van der Waals surface area (Å²) in [6.45, 7) is 3.68. The van der Waals surface area contributed by atoms with Crippen molar-refractivity contribution in [3.05, 3.63) is 0 Å². The fraction of sp³-hybridized carbons (Fsp3) is 1.00. The number of hydrogen-bond acceptors (Lipinski definition) is 2. The highest BCUT2D eigenvalue weighted by atomic mass is 35.5. The molecule has 0 aliphatic carbocycles. The number of rotatable bonds is 1. The Morgan fingerprint density at radius 2 is 2.56 bits per heavy atom. The van der Waals surface area contributed by atoms with Gasteiger partial charge >= 0.3 is 0 Å². The van der Waals surface area contributed by atoms with Crippen LogP contribution >= 0.6 is 11.6 Å². The third kappa shape index (κ3) is 1.81. The maximum Gasteiger partial charge on any atom is 0.163 e. The number of ether oxygens (including phenoxy) is 2. The lowest BCUT2D eigenvalue weighted by Gasteiger charge is -2.15. The quantitative estimate of drug-likeness (QED) is 0.529. The number of alkyl halides is 1. The van der Waals surface area contributed by atoms with E-state index in [1.807, 2.05) is 0 Å². The Balaban J connectivity index is 2.55. The van der Waals surface area contributed by atoms with Gasteiger partial charge in [0.05, 0.1) is 18.5 Å². The monoisotopic (exact) mass is 152 g/mol. The zero-order valence-electron chi connectivity index (χ0n) is 7.48. The summed E-state index contributed by atoms with van der Waals surface area (Å²) in [5.74, 6) is -2.54. The van der Waals surface area contributed by atoms with Gasteiger partial charge in [0.2, 0.25) is 0 Å². The third-order valence-corrected chi connectivity index (χ3v) is 1.37. The van der Waals surface area contributed by atoms with Crippen molar-refractivity contribution in [2.45, 2.75) is 25.7 Å². The van der Waals surface area contributed by atoms with E-state index in [-0.39, 0.29) is 6.61 Å². The average Bonchev–Trinajstić information content (AvgIpc) is 2.07. The SMILES string of the molecule is [2H]C([2H])(Cl)[C@H]1COC(C)(C)O1. The molecule has 0 aromatic carbocycles. The van der Waals surface area contributed by atoms with Gasteiger partial charge < -0.3 is 9.47 Å². The molecule has 3 heteroatoms. The summed E-state index contributed by atoms with van der Waals surface area (Å²) in [6, 6.07) is 0. The van der Waals surface area contributed by atoms with Crippen LogP contribution in [0.2, 0.25) is 0 Å². The van der Waals surface area contributed by atoms with Crippen LogP contribution in [0.5, 0.6) is 0 Å². The first-order valence-electron chi connectivity index (χ1n) is 3.82. The van der Waals surface area contributed by atoms with Crippen molar-refractivity contribution >= 4 is 11.6 Å². The molecule has 0 spiro atoms. The molecule has 1 heterocycles. The number of hydrogen-bond donors (Lipinski definition) is 0. The molecule has 0 unspecified atom stereocenters. The van der Waals surface area contributed by atoms with E-state index in [1.165, 1.54) is 0 Å². The minimum Gasteiger partial charge on any atom is -0.348 e. The maximum absolute atomic E-state index is 7.13. The first-order valence-corrected chi connectivity index (χ1v) is 3.20. The lowest BCUT2D eigenvalue weighted by Crippen LogP contribution is -2.21. The van der Waals surface area contributed by atoms with Gasteiger partial charge in [0.15, 0.2) is 5.79 Å². The molecule has 0 amide bonds. The molecule has 1 saturated heterocycles. The Bertz CT molecular complexity index is 155. The lowest BCUT2D eigenvalue weighted by atomic mass is 10.4. The summed E-state index contributed by atoms with van der Waals surface area (Å²) < 4.78 is 24.6. The van der Waals surface area contributed by atoms with Crippen molar-refractivity contribution in [3.63, 3.8) is 0 Å². The molecule has 0 radical (unpaired) electrons. The molecule has 1 fully saturated rings. The molecule has 1 atom stereocenters. The van der Waals surface area contributed by atoms with Gasteiger partial charge in [-0.3, -0.25) is 0 Å². The molecular formula is C6H11ClO2. The van der Waals surface area contributed by atoms with E-state index in [0.29, 0.717) is 0 Å². The molecule has 0 saturated carbocycles. The summed E-state index contributed by atoms with van der Waals surface area (Å²) >= 11 is 5.40. The molecule has 9 heavy (non-hydrogen) atoms. The van der Waals surface area contributed by atoms with Crippen molar-refractivity contribution in [2.75, 3.05) is 12.4 Å². The standard InChI is InChI=1S/C6H11ClO2/c1-6(2)8-4-5(3-7)9-6/h5H,3-4H2,1-2H3/t5-/m0/s1/i3D2. The maximum atomic E-state index is 7.13. The van der Waals surface area contributed by atoms with Gasteiger partial charge in [0.25, 0.3) is 0 Å².